The van der Waals surface area contributed by atoms with Crippen LogP contribution in [0, 0.1) is 6.92 Å². The lowest BCUT2D eigenvalue weighted by molar-refractivity contribution is -0.165. The summed E-state index contributed by atoms with van der Waals surface area (Å²) in [6, 6.07) is 6.74. The van der Waals surface area contributed by atoms with Crippen LogP contribution in [-0.4, -0.2) is 112 Å². The van der Waals surface area contributed by atoms with Gasteiger partial charge in [0.25, 0.3) is 0 Å². The number of carboxylic acid groups (broad SMARTS) is 2. The van der Waals surface area contributed by atoms with Crippen molar-refractivity contribution in [3.05, 3.63) is 35.4 Å². The Morgan fingerprint density at radius 3 is 2.05 bits per heavy atom. The van der Waals surface area contributed by atoms with Gasteiger partial charge in [0.1, 0.15) is 11.9 Å². The number of carbonyl (C=O) groups is 3. The Morgan fingerprint density at radius 1 is 1.00 bits per heavy atom. The molecule has 0 spiro atoms. The quantitative estimate of drug-likeness (QED) is 0.363. The summed E-state index contributed by atoms with van der Waals surface area (Å²) in [5.41, 5.74) is 2.18. The highest BCUT2D eigenvalue weighted by Gasteiger charge is 2.29. The van der Waals surface area contributed by atoms with Crippen LogP contribution in [0.3, 0.4) is 0 Å². The zero-order chi connectivity index (χ0) is 27.5. The zero-order valence-electron chi connectivity index (χ0n) is 21.6. The number of carboxylic acids is 2. The van der Waals surface area contributed by atoms with Gasteiger partial charge in [-0.2, -0.15) is 0 Å². The molecule has 4 N–H and O–H groups in total. The van der Waals surface area contributed by atoms with Crippen LogP contribution >= 0.6 is 0 Å². The monoisotopic (exact) mass is 522 g/mol. The van der Waals surface area contributed by atoms with E-state index in [1.54, 1.807) is 6.08 Å². The first kappa shape index (κ1) is 30.2. The number of aliphatic carboxylic acids is 2. The van der Waals surface area contributed by atoms with Gasteiger partial charge >= 0.3 is 11.9 Å². The molecule has 1 aromatic rings. The highest BCUT2D eigenvalue weighted by molar-refractivity contribution is 5.92. The Kier molecular flexibility index (Phi) is 12.0. The lowest BCUT2D eigenvalue weighted by atomic mass is 10.1. The molecule has 0 bridgehead atoms. The summed E-state index contributed by atoms with van der Waals surface area (Å²) < 4.78 is 11.5. The molecule has 37 heavy (non-hydrogen) atoms. The number of ether oxygens (including phenoxy) is 2. The van der Waals surface area contributed by atoms with Crippen LogP contribution < -0.4 is 4.74 Å². The van der Waals surface area contributed by atoms with Crippen molar-refractivity contribution in [3.8, 4) is 5.75 Å². The number of benzene rings is 1. The third kappa shape index (κ3) is 9.77. The Labute approximate surface area is 216 Å². The molecule has 0 aromatic heterocycles. The Bertz CT molecular complexity index is 918. The first-order valence-electron chi connectivity index (χ1n) is 12.4. The number of rotatable bonds is 8. The molecule has 0 radical (unpaired) electrons. The van der Waals surface area contributed by atoms with E-state index >= 15 is 0 Å². The summed E-state index contributed by atoms with van der Waals surface area (Å²) in [5, 5.41) is 32.5. The number of piperidine rings is 1. The Balaban J connectivity index is 0.000000410. The number of hydrogen-bond donors (Lipinski definition) is 4. The molecule has 1 aromatic carbocycles. The van der Waals surface area contributed by atoms with E-state index in [-0.39, 0.29) is 5.91 Å². The second kappa shape index (κ2) is 14.7. The number of aliphatic hydroxyl groups excluding tert-OH is 2. The predicted molar refractivity (Wildman–Crippen MR) is 135 cm³/mol. The molecule has 1 amide bonds. The fourth-order valence-electron chi connectivity index (χ4n) is 3.93. The highest BCUT2D eigenvalue weighted by Crippen LogP contribution is 2.23. The van der Waals surface area contributed by atoms with Gasteiger partial charge in [0.15, 0.2) is 12.2 Å². The number of nitrogens with zero attached hydrogens (tertiary/aromatic N) is 2. The molecule has 206 valence electrons. The van der Waals surface area contributed by atoms with Gasteiger partial charge in [0, 0.05) is 38.3 Å². The van der Waals surface area contributed by atoms with Crippen molar-refractivity contribution in [2.75, 3.05) is 39.4 Å². The molecule has 0 aliphatic carbocycles. The van der Waals surface area contributed by atoms with E-state index in [0.29, 0.717) is 38.4 Å². The number of hydrogen-bond acceptors (Lipinski definition) is 8. The van der Waals surface area contributed by atoms with Crippen LogP contribution in [0.15, 0.2) is 24.3 Å². The van der Waals surface area contributed by atoms with Crippen LogP contribution in [0.1, 0.15) is 37.8 Å². The summed E-state index contributed by atoms with van der Waals surface area (Å²) in [4.78, 5) is 36.1. The van der Waals surface area contributed by atoms with E-state index in [1.165, 1.54) is 0 Å². The summed E-state index contributed by atoms with van der Waals surface area (Å²) in [6.45, 7) is 11.4. The van der Waals surface area contributed by atoms with Crippen LogP contribution in [0.5, 0.6) is 5.75 Å². The first-order chi connectivity index (χ1) is 17.5. The van der Waals surface area contributed by atoms with Gasteiger partial charge in [0.2, 0.25) is 5.91 Å². The lowest BCUT2D eigenvalue weighted by Crippen LogP contribution is -2.41. The first-order valence-corrected chi connectivity index (χ1v) is 12.4. The fourth-order valence-corrected chi connectivity index (χ4v) is 3.93. The topological polar surface area (TPSA) is 157 Å². The number of aryl methyl sites for hydroxylation is 1. The molecule has 11 heteroatoms. The molecule has 3 rings (SSSR count). The number of aliphatic hydroxyl groups is 2. The van der Waals surface area contributed by atoms with Crippen molar-refractivity contribution in [1.82, 2.24) is 9.80 Å². The molecule has 11 nitrogen and oxygen atoms in total. The minimum Gasteiger partial charge on any atom is -0.490 e. The van der Waals surface area contributed by atoms with E-state index in [9.17, 15) is 14.4 Å². The smallest absolute Gasteiger partial charge is 0.335 e. The van der Waals surface area contributed by atoms with Crippen molar-refractivity contribution in [1.29, 1.82) is 0 Å². The zero-order valence-corrected chi connectivity index (χ0v) is 21.6. The van der Waals surface area contributed by atoms with Crippen LogP contribution in [0.25, 0.3) is 6.08 Å². The number of morpholine rings is 1. The molecule has 2 aliphatic heterocycles. The Morgan fingerprint density at radius 2 is 1.57 bits per heavy atom. The minimum atomic E-state index is -2.27. The van der Waals surface area contributed by atoms with Gasteiger partial charge in [-0.1, -0.05) is 6.07 Å². The highest BCUT2D eigenvalue weighted by atomic mass is 16.5. The maximum atomic E-state index is 12.2. The molecule has 2 atom stereocenters. The van der Waals surface area contributed by atoms with Gasteiger partial charge in [-0.05, 0) is 62.9 Å². The normalized spacial score (nSPS) is 18.7. The summed E-state index contributed by atoms with van der Waals surface area (Å²) >= 11 is 0. The Hall–Kier alpha value is -2.99. The standard InChI is InChI=1S/C22H32N2O3.C4H6O6/c1-17(2)23-10-8-20(9-11-23)27-21-6-4-19(18(3)16-21)5-7-22(25)24-12-14-26-15-13-24;5-1(3(7)8)2(6)4(9)10/h4-7,16-17,20H,8-15H2,1-3H3;1-2,5-6H,(H,7,8)(H,9,10)/b7-5+;/t;1-,2-/m.1/s1. The van der Waals surface area contributed by atoms with Crippen LogP contribution in [-0.2, 0) is 19.1 Å². The summed E-state index contributed by atoms with van der Waals surface area (Å²) in [6.07, 6.45) is 1.48. The van der Waals surface area contributed by atoms with E-state index in [4.69, 9.17) is 29.9 Å². The van der Waals surface area contributed by atoms with E-state index in [0.717, 1.165) is 42.8 Å². The second-order valence-corrected chi connectivity index (χ2v) is 9.30. The molecule has 0 unspecified atom stereocenters. The average molecular weight is 523 g/mol. The van der Waals surface area contributed by atoms with Crippen molar-refractivity contribution >= 4 is 23.9 Å². The van der Waals surface area contributed by atoms with E-state index < -0.39 is 24.1 Å². The van der Waals surface area contributed by atoms with Crippen molar-refractivity contribution in [2.45, 2.75) is 58.0 Å². The summed E-state index contributed by atoms with van der Waals surface area (Å²) in [7, 11) is 0. The van der Waals surface area contributed by atoms with E-state index in [2.05, 4.69) is 31.7 Å². The summed E-state index contributed by atoms with van der Waals surface area (Å²) in [5.74, 6) is -2.56. The molecule has 2 aliphatic rings. The molecular weight excluding hydrogens is 484 g/mol. The second-order valence-electron chi connectivity index (χ2n) is 9.30. The van der Waals surface area contributed by atoms with Gasteiger partial charge in [-0.15, -0.1) is 0 Å². The predicted octanol–water partition coefficient (Wildman–Crippen LogP) is 0.996. The maximum absolute atomic E-state index is 12.2. The lowest BCUT2D eigenvalue weighted by Gasteiger charge is -2.34. The SMILES string of the molecule is Cc1cc(OC2CCN(C(C)C)CC2)ccc1/C=C/C(=O)N1CCOCC1.O=C(O)[C@H](O)[C@@H](O)C(=O)O. The third-order valence-electron chi connectivity index (χ3n) is 6.28. The van der Waals surface area contributed by atoms with Crippen molar-refractivity contribution < 1.29 is 44.3 Å². The van der Waals surface area contributed by atoms with Crippen LogP contribution in [0.4, 0.5) is 0 Å². The van der Waals surface area contributed by atoms with Gasteiger partial charge < -0.3 is 39.7 Å². The van der Waals surface area contributed by atoms with Crippen molar-refractivity contribution in [2.24, 2.45) is 0 Å². The molecule has 0 saturated carbocycles. The maximum Gasteiger partial charge on any atom is 0.335 e. The number of amides is 1. The largest absolute Gasteiger partial charge is 0.490 e. The van der Waals surface area contributed by atoms with Gasteiger partial charge in [-0.25, -0.2) is 9.59 Å². The minimum absolute atomic E-state index is 0.0509. The number of likely N-dealkylation sites (tertiary alicyclic amines) is 1. The van der Waals surface area contributed by atoms with E-state index in [1.807, 2.05) is 23.1 Å². The third-order valence-corrected chi connectivity index (χ3v) is 6.28. The van der Waals surface area contributed by atoms with Gasteiger partial charge in [0.05, 0.1) is 13.2 Å². The molecule has 2 heterocycles. The van der Waals surface area contributed by atoms with Gasteiger partial charge in [-0.3, -0.25) is 4.79 Å². The van der Waals surface area contributed by atoms with Crippen LogP contribution in [0.2, 0.25) is 0 Å². The fraction of sp³-hybridized carbons (Fsp3) is 0.577. The average Bonchev–Trinajstić information content (AvgIpc) is 2.88. The molecular formula is C26H38N2O9. The van der Waals surface area contributed by atoms with Crippen molar-refractivity contribution in [3.63, 3.8) is 0 Å². The number of carbonyl (C=O) groups excluding carboxylic acids is 1. The molecule has 2 saturated heterocycles. The molecule has 2 fully saturated rings.